The van der Waals surface area contributed by atoms with Crippen LogP contribution in [-0.4, -0.2) is 20.0 Å². The SMILES string of the molecule is CC1(c2ccccc2)N=C(NS(=O)(=O)c2ccccc2)C(c2ccccc2)=N1. The second kappa shape index (κ2) is 7.05. The number of sulfonamides is 1. The molecule has 0 radical (unpaired) electrons. The molecule has 1 N–H and O–H groups in total. The average molecular weight is 389 g/mol. The van der Waals surface area contributed by atoms with E-state index in [4.69, 9.17) is 4.99 Å². The smallest absolute Gasteiger partial charge is 0.262 e. The van der Waals surface area contributed by atoms with E-state index in [9.17, 15) is 8.42 Å². The van der Waals surface area contributed by atoms with E-state index in [1.54, 1.807) is 30.3 Å². The number of aliphatic imine (C=N–C) groups is 2. The van der Waals surface area contributed by atoms with Gasteiger partial charge < -0.3 is 0 Å². The van der Waals surface area contributed by atoms with Gasteiger partial charge in [0.25, 0.3) is 10.0 Å². The first-order chi connectivity index (χ1) is 13.5. The lowest BCUT2D eigenvalue weighted by Crippen LogP contribution is -2.35. The lowest BCUT2D eigenvalue weighted by Gasteiger charge is -2.17. The summed E-state index contributed by atoms with van der Waals surface area (Å²) in [5.41, 5.74) is 1.31. The monoisotopic (exact) mass is 389 g/mol. The van der Waals surface area contributed by atoms with Gasteiger partial charge in [-0.2, -0.15) is 0 Å². The molecule has 0 amide bonds. The van der Waals surface area contributed by atoms with Crippen LogP contribution < -0.4 is 4.72 Å². The molecule has 0 spiro atoms. The molecule has 28 heavy (non-hydrogen) atoms. The van der Waals surface area contributed by atoms with E-state index in [0.717, 1.165) is 11.1 Å². The van der Waals surface area contributed by atoms with Gasteiger partial charge >= 0.3 is 0 Å². The summed E-state index contributed by atoms with van der Waals surface area (Å²) in [6, 6.07) is 27.3. The van der Waals surface area contributed by atoms with Crippen LogP contribution in [-0.2, 0) is 15.7 Å². The predicted octanol–water partition coefficient (Wildman–Crippen LogP) is 3.74. The summed E-state index contributed by atoms with van der Waals surface area (Å²) >= 11 is 0. The zero-order valence-electron chi connectivity index (χ0n) is 15.3. The van der Waals surface area contributed by atoms with Gasteiger partial charge in [-0.25, -0.2) is 18.4 Å². The van der Waals surface area contributed by atoms with Crippen molar-refractivity contribution in [3.8, 4) is 0 Å². The van der Waals surface area contributed by atoms with Crippen molar-refractivity contribution in [2.75, 3.05) is 0 Å². The number of benzene rings is 3. The molecule has 1 unspecified atom stereocenters. The highest BCUT2D eigenvalue weighted by Gasteiger charge is 2.35. The molecule has 0 saturated heterocycles. The van der Waals surface area contributed by atoms with E-state index < -0.39 is 15.7 Å². The number of hydrogen-bond acceptors (Lipinski definition) is 4. The number of hydrogen-bond donors (Lipinski definition) is 1. The molecule has 0 aromatic heterocycles. The summed E-state index contributed by atoms with van der Waals surface area (Å²) in [6.07, 6.45) is 0. The highest BCUT2D eigenvalue weighted by molar-refractivity contribution is 7.90. The highest BCUT2D eigenvalue weighted by Crippen LogP contribution is 2.32. The van der Waals surface area contributed by atoms with E-state index in [2.05, 4.69) is 9.71 Å². The first kappa shape index (κ1) is 18.1. The van der Waals surface area contributed by atoms with Gasteiger partial charge in [0.05, 0.1) is 4.90 Å². The molecule has 1 atom stereocenters. The van der Waals surface area contributed by atoms with Gasteiger partial charge in [0.1, 0.15) is 5.71 Å². The van der Waals surface area contributed by atoms with Gasteiger partial charge in [0.15, 0.2) is 11.5 Å². The van der Waals surface area contributed by atoms with Crippen LogP contribution in [0.1, 0.15) is 18.1 Å². The Balaban J connectivity index is 1.79. The van der Waals surface area contributed by atoms with Crippen LogP contribution in [0.2, 0.25) is 0 Å². The van der Waals surface area contributed by atoms with Gasteiger partial charge in [-0.1, -0.05) is 78.9 Å². The van der Waals surface area contributed by atoms with Crippen LogP contribution in [0.3, 0.4) is 0 Å². The quantitative estimate of drug-likeness (QED) is 0.738. The molecule has 3 aromatic rings. The molecule has 4 rings (SSSR count). The number of nitrogens with zero attached hydrogens (tertiary/aromatic N) is 2. The van der Waals surface area contributed by atoms with Crippen molar-refractivity contribution in [2.45, 2.75) is 17.5 Å². The first-order valence-electron chi connectivity index (χ1n) is 8.87. The second-order valence-corrected chi connectivity index (χ2v) is 8.27. The molecule has 1 aliphatic rings. The molecule has 6 heteroatoms. The van der Waals surface area contributed by atoms with E-state index in [-0.39, 0.29) is 10.7 Å². The summed E-state index contributed by atoms with van der Waals surface area (Å²) in [5.74, 6) is 0.237. The summed E-state index contributed by atoms with van der Waals surface area (Å²) in [5, 5.41) is 0. The number of nitrogens with one attached hydrogen (secondary N) is 1. The van der Waals surface area contributed by atoms with E-state index >= 15 is 0 Å². The van der Waals surface area contributed by atoms with Crippen LogP contribution in [0, 0.1) is 0 Å². The minimum atomic E-state index is -3.78. The third kappa shape index (κ3) is 3.46. The van der Waals surface area contributed by atoms with Crippen molar-refractivity contribution < 1.29 is 8.42 Å². The summed E-state index contributed by atoms with van der Waals surface area (Å²) in [4.78, 5) is 9.67. The molecule has 1 aliphatic heterocycles. The Morgan fingerprint density at radius 2 is 1.29 bits per heavy atom. The van der Waals surface area contributed by atoms with Crippen LogP contribution >= 0.6 is 0 Å². The van der Waals surface area contributed by atoms with Crippen molar-refractivity contribution in [2.24, 2.45) is 9.98 Å². The van der Waals surface area contributed by atoms with Crippen LogP contribution in [0.25, 0.3) is 0 Å². The Labute approximate surface area is 164 Å². The fraction of sp³-hybridized carbons (Fsp3) is 0.0909. The summed E-state index contributed by atoms with van der Waals surface area (Å²) in [7, 11) is -3.78. The minimum Gasteiger partial charge on any atom is -0.262 e. The molecular formula is C22H19N3O2S. The molecule has 0 aliphatic carbocycles. The van der Waals surface area contributed by atoms with Gasteiger partial charge in [0.2, 0.25) is 0 Å². The molecule has 0 fully saturated rings. The van der Waals surface area contributed by atoms with E-state index in [1.165, 1.54) is 0 Å². The molecule has 0 saturated carbocycles. The molecule has 3 aromatic carbocycles. The largest absolute Gasteiger partial charge is 0.263 e. The van der Waals surface area contributed by atoms with Crippen LogP contribution in [0.5, 0.6) is 0 Å². The fourth-order valence-corrected chi connectivity index (χ4v) is 4.13. The Kier molecular flexibility index (Phi) is 4.57. The fourth-order valence-electron chi connectivity index (χ4n) is 3.10. The van der Waals surface area contributed by atoms with Crippen LogP contribution in [0.15, 0.2) is 106 Å². The highest BCUT2D eigenvalue weighted by atomic mass is 32.2. The van der Waals surface area contributed by atoms with Crippen molar-refractivity contribution in [3.05, 3.63) is 102 Å². The second-order valence-electron chi connectivity index (χ2n) is 6.59. The zero-order chi connectivity index (χ0) is 19.6. The number of amidine groups is 1. The van der Waals surface area contributed by atoms with Crippen molar-refractivity contribution in [1.29, 1.82) is 0 Å². The molecule has 1 heterocycles. The Morgan fingerprint density at radius 1 is 0.750 bits per heavy atom. The van der Waals surface area contributed by atoms with Crippen molar-refractivity contribution >= 4 is 21.6 Å². The van der Waals surface area contributed by atoms with Gasteiger partial charge in [0, 0.05) is 11.1 Å². The summed E-state index contributed by atoms with van der Waals surface area (Å²) in [6.45, 7) is 1.87. The van der Waals surface area contributed by atoms with E-state index in [1.807, 2.05) is 67.6 Å². The Hall–Kier alpha value is -3.25. The maximum absolute atomic E-state index is 12.9. The number of rotatable bonds is 4. The van der Waals surface area contributed by atoms with Gasteiger partial charge in [-0.15, -0.1) is 0 Å². The van der Waals surface area contributed by atoms with Crippen molar-refractivity contribution in [3.63, 3.8) is 0 Å². The average Bonchev–Trinajstić information content (AvgIpc) is 3.07. The Bertz CT molecular complexity index is 1140. The maximum Gasteiger partial charge on any atom is 0.263 e. The molecule has 140 valence electrons. The third-order valence-corrected chi connectivity index (χ3v) is 5.89. The molecule has 5 nitrogen and oxygen atoms in total. The normalized spacial score (nSPS) is 19.0. The first-order valence-corrected chi connectivity index (χ1v) is 10.4. The van der Waals surface area contributed by atoms with Gasteiger partial charge in [-0.05, 0) is 19.1 Å². The maximum atomic E-state index is 12.9. The summed E-state index contributed by atoms with van der Waals surface area (Å²) < 4.78 is 28.4. The molecule has 0 bridgehead atoms. The van der Waals surface area contributed by atoms with Gasteiger partial charge in [-0.3, -0.25) is 4.72 Å². The standard InChI is InChI=1S/C22H19N3O2S/c1-22(18-13-7-3-8-14-18)23-20(17-11-5-2-6-12-17)21(24-22)25-28(26,27)19-15-9-4-10-16-19/h2-16H,1H3,(H,24,25). The van der Waals surface area contributed by atoms with Crippen molar-refractivity contribution in [1.82, 2.24) is 4.72 Å². The predicted molar refractivity (Wildman–Crippen MR) is 111 cm³/mol. The lowest BCUT2D eigenvalue weighted by molar-refractivity contribution is 0.540. The minimum absolute atomic E-state index is 0.179. The lowest BCUT2D eigenvalue weighted by atomic mass is 10.0. The third-order valence-electron chi connectivity index (χ3n) is 4.54. The zero-order valence-corrected chi connectivity index (χ0v) is 16.1. The molecular weight excluding hydrogens is 370 g/mol. The topological polar surface area (TPSA) is 70.9 Å². The van der Waals surface area contributed by atoms with E-state index in [0.29, 0.717) is 5.71 Å². The Morgan fingerprint density at radius 3 is 1.89 bits per heavy atom. The van der Waals surface area contributed by atoms with Crippen LogP contribution in [0.4, 0.5) is 0 Å².